The number of aryl methyl sites for hydroxylation is 1. The Morgan fingerprint density at radius 3 is 2.50 bits per heavy atom. The van der Waals surface area contributed by atoms with E-state index in [1.54, 1.807) is 6.92 Å². The molecule has 0 radical (unpaired) electrons. The first-order valence-electron chi connectivity index (χ1n) is 8.83. The molecule has 0 atom stereocenters. The van der Waals surface area contributed by atoms with E-state index in [2.05, 4.69) is 23.7 Å². The minimum atomic E-state index is -0.951. The molecule has 7 heteroatoms. The average molecular weight is 378 g/mol. The molecule has 0 saturated heterocycles. The van der Waals surface area contributed by atoms with Gasteiger partial charge in [-0.15, -0.1) is 11.3 Å². The lowest BCUT2D eigenvalue weighted by atomic mass is 10.2. The van der Waals surface area contributed by atoms with E-state index in [-0.39, 0.29) is 4.88 Å². The first-order valence-corrected chi connectivity index (χ1v) is 9.64. The number of ether oxygens (including phenoxy) is 2. The van der Waals surface area contributed by atoms with Crippen LogP contribution in [0.5, 0.6) is 11.5 Å². The monoisotopic (exact) mass is 378 g/mol. The molecule has 0 aliphatic heterocycles. The summed E-state index contributed by atoms with van der Waals surface area (Å²) in [6.45, 7) is 11.8. The van der Waals surface area contributed by atoms with Crippen LogP contribution in [-0.4, -0.2) is 53.8 Å². The maximum absolute atomic E-state index is 11.2. The maximum atomic E-state index is 11.2. The molecular weight excluding hydrogens is 352 g/mol. The highest BCUT2D eigenvalue weighted by molar-refractivity contribution is 7.17. The SMILES string of the molecule is CCOc1cc(-c2nc(C)c(C(=O)O)s2)ccc1OCCN(CC)CC. The predicted molar refractivity (Wildman–Crippen MR) is 104 cm³/mol. The molecular formula is C19H26N2O4S. The van der Waals surface area contributed by atoms with Crippen molar-refractivity contribution in [3.8, 4) is 22.1 Å². The van der Waals surface area contributed by atoms with Gasteiger partial charge in [0, 0.05) is 12.1 Å². The van der Waals surface area contributed by atoms with Crippen LogP contribution in [0.1, 0.15) is 36.1 Å². The third-order valence-electron chi connectivity index (χ3n) is 4.04. The summed E-state index contributed by atoms with van der Waals surface area (Å²) in [4.78, 5) is 18.2. The molecule has 0 spiro atoms. The number of carbonyl (C=O) groups is 1. The summed E-state index contributed by atoms with van der Waals surface area (Å²) in [6.07, 6.45) is 0. The largest absolute Gasteiger partial charge is 0.490 e. The number of likely N-dealkylation sites (N-methyl/N-ethyl adjacent to an activating group) is 1. The van der Waals surface area contributed by atoms with Gasteiger partial charge in [0.2, 0.25) is 0 Å². The van der Waals surface area contributed by atoms with E-state index >= 15 is 0 Å². The Morgan fingerprint density at radius 1 is 1.19 bits per heavy atom. The Bertz CT molecular complexity index is 741. The molecule has 0 unspecified atom stereocenters. The first kappa shape index (κ1) is 20.2. The molecule has 2 rings (SSSR count). The molecule has 0 fully saturated rings. The highest BCUT2D eigenvalue weighted by Crippen LogP contribution is 2.35. The lowest BCUT2D eigenvalue weighted by Crippen LogP contribution is -2.27. The number of aromatic carboxylic acids is 1. The molecule has 0 saturated carbocycles. The Balaban J connectivity index is 2.20. The van der Waals surface area contributed by atoms with E-state index in [9.17, 15) is 9.90 Å². The summed E-state index contributed by atoms with van der Waals surface area (Å²) in [6, 6.07) is 5.61. The van der Waals surface area contributed by atoms with Crippen LogP contribution in [0.25, 0.3) is 10.6 Å². The summed E-state index contributed by atoms with van der Waals surface area (Å²) in [5, 5.41) is 9.88. The maximum Gasteiger partial charge on any atom is 0.347 e. The zero-order valence-corrected chi connectivity index (χ0v) is 16.6. The van der Waals surface area contributed by atoms with Crippen molar-refractivity contribution in [2.75, 3.05) is 32.8 Å². The topological polar surface area (TPSA) is 71.9 Å². The highest BCUT2D eigenvalue weighted by Gasteiger charge is 2.16. The fourth-order valence-electron chi connectivity index (χ4n) is 2.57. The first-order chi connectivity index (χ1) is 12.5. The summed E-state index contributed by atoms with van der Waals surface area (Å²) in [5.41, 5.74) is 1.35. The van der Waals surface area contributed by atoms with Gasteiger partial charge in [-0.1, -0.05) is 13.8 Å². The molecule has 142 valence electrons. The zero-order chi connectivity index (χ0) is 19.1. The van der Waals surface area contributed by atoms with Crippen LogP contribution in [0.2, 0.25) is 0 Å². The molecule has 1 aromatic heterocycles. The number of nitrogens with zero attached hydrogens (tertiary/aromatic N) is 2. The third-order valence-corrected chi connectivity index (χ3v) is 5.24. The Hall–Kier alpha value is -2.12. The molecule has 0 aliphatic carbocycles. The Labute approximate surface area is 158 Å². The standard InChI is InChI=1S/C19H26N2O4S/c1-5-21(6-2)10-11-25-15-9-8-14(12-16(15)24-7-3)18-20-13(4)17(26-18)19(22)23/h8-9,12H,5-7,10-11H2,1-4H3,(H,22,23). The minimum absolute atomic E-state index is 0.262. The number of thiazole rings is 1. The highest BCUT2D eigenvalue weighted by atomic mass is 32.1. The lowest BCUT2D eigenvalue weighted by molar-refractivity contribution is 0.0701. The zero-order valence-electron chi connectivity index (χ0n) is 15.7. The van der Waals surface area contributed by atoms with Gasteiger partial charge in [0.25, 0.3) is 0 Å². The van der Waals surface area contributed by atoms with Crippen LogP contribution in [0.15, 0.2) is 18.2 Å². The predicted octanol–water partition coefficient (Wildman–Crippen LogP) is 3.94. The Morgan fingerprint density at radius 2 is 1.92 bits per heavy atom. The van der Waals surface area contributed by atoms with Gasteiger partial charge in [0.05, 0.1) is 12.3 Å². The summed E-state index contributed by atoms with van der Waals surface area (Å²) in [7, 11) is 0. The van der Waals surface area contributed by atoms with Crippen molar-refractivity contribution in [3.05, 3.63) is 28.8 Å². The Kier molecular flexibility index (Phi) is 7.41. The number of rotatable bonds is 10. The number of hydrogen-bond acceptors (Lipinski definition) is 6. The van der Waals surface area contributed by atoms with Gasteiger partial charge >= 0.3 is 5.97 Å². The number of hydrogen-bond donors (Lipinski definition) is 1. The fraction of sp³-hybridized carbons (Fsp3) is 0.474. The smallest absolute Gasteiger partial charge is 0.347 e. The summed E-state index contributed by atoms with van der Waals surface area (Å²) < 4.78 is 11.6. The van der Waals surface area contributed by atoms with E-state index in [4.69, 9.17) is 9.47 Å². The third kappa shape index (κ3) is 4.95. The molecule has 26 heavy (non-hydrogen) atoms. The number of benzene rings is 1. The van der Waals surface area contributed by atoms with Gasteiger partial charge < -0.3 is 19.5 Å². The van der Waals surface area contributed by atoms with Gasteiger partial charge in [-0.25, -0.2) is 9.78 Å². The fourth-order valence-corrected chi connectivity index (χ4v) is 3.47. The van der Waals surface area contributed by atoms with Crippen LogP contribution in [0, 0.1) is 6.92 Å². The quantitative estimate of drug-likeness (QED) is 0.675. The number of carboxylic acids is 1. The second kappa shape index (κ2) is 9.54. The van der Waals surface area contributed by atoms with Gasteiger partial charge in [-0.2, -0.15) is 0 Å². The minimum Gasteiger partial charge on any atom is -0.490 e. The lowest BCUT2D eigenvalue weighted by Gasteiger charge is -2.19. The average Bonchev–Trinajstić information content (AvgIpc) is 3.02. The van der Waals surface area contributed by atoms with E-state index in [1.165, 1.54) is 11.3 Å². The molecule has 0 amide bonds. The van der Waals surface area contributed by atoms with E-state index in [0.717, 1.165) is 25.2 Å². The molecule has 2 aromatic rings. The normalized spacial score (nSPS) is 11.0. The van der Waals surface area contributed by atoms with E-state index in [1.807, 2.05) is 25.1 Å². The van der Waals surface area contributed by atoms with Gasteiger partial charge in [0.1, 0.15) is 16.5 Å². The molecule has 0 bridgehead atoms. The number of aromatic nitrogens is 1. The van der Waals surface area contributed by atoms with Crippen LogP contribution in [0.3, 0.4) is 0 Å². The summed E-state index contributed by atoms with van der Waals surface area (Å²) in [5.74, 6) is 0.386. The van der Waals surface area contributed by atoms with Crippen molar-refractivity contribution in [2.45, 2.75) is 27.7 Å². The molecule has 6 nitrogen and oxygen atoms in total. The van der Waals surface area contributed by atoms with Crippen molar-refractivity contribution in [3.63, 3.8) is 0 Å². The van der Waals surface area contributed by atoms with Crippen LogP contribution in [-0.2, 0) is 0 Å². The van der Waals surface area contributed by atoms with Crippen LogP contribution in [0.4, 0.5) is 0 Å². The number of carboxylic acid groups (broad SMARTS) is 1. The van der Waals surface area contributed by atoms with Gasteiger partial charge in [-0.05, 0) is 45.1 Å². The molecule has 1 heterocycles. The summed E-state index contributed by atoms with van der Waals surface area (Å²) >= 11 is 1.17. The second-order valence-corrected chi connectivity index (χ2v) is 6.71. The van der Waals surface area contributed by atoms with Crippen LogP contribution >= 0.6 is 11.3 Å². The van der Waals surface area contributed by atoms with Crippen molar-refractivity contribution in [1.29, 1.82) is 0 Å². The molecule has 0 aliphatic rings. The van der Waals surface area contributed by atoms with Crippen molar-refractivity contribution >= 4 is 17.3 Å². The van der Waals surface area contributed by atoms with Gasteiger partial charge in [0.15, 0.2) is 11.5 Å². The van der Waals surface area contributed by atoms with E-state index in [0.29, 0.717) is 35.4 Å². The van der Waals surface area contributed by atoms with Crippen molar-refractivity contribution in [2.24, 2.45) is 0 Å². The molecule has 1 N–H and O–H groups in total. The van der Waals surface area contributed by atoms with Crippen LogP contribution < -0.4 is 9.47 Å². The second-order valence-electron chi connectivity index (χ2n) is 5.71. The van der Waals surface area contributed by atoms with E-state index < -0.39 is 5.97 Å². The molecule has 1 aromatic carbocycles. The van der Waals surface area contributed by atoms with Crippen molar-refractivity contribution in [1.82, 2.24) is 9.88 Å². The van der Waals surface area contributed by atoms with Crippen molar-refractivity contribution < 1.29 is 19.4 Å². The van der Waals surface area contributed by atoms with Gasteiger partial charge in [-0.3, -0.25) is 0 Å².